The quantitative estimate of drug-likeness (QED) is 0.728. The Bertz CT molecular complexity index is 1020. The average Bonchev–Trinajstić information content (AvgIpc) is 3.14. The molecular formula is C26H29NO4. The molecule has 0 aromatic heterocycles. The van der Waals surface area contributed by atoms with Crippen LogP contribution in [0.5, 0.6) is 11.5 Å². The SMILES string of the molecule is COc1ccc2c3c1OC1C(=O)CC[C@@]4(OCCCc5ccccc5)[C@@H](C2)NCC[C@]314. The van der Waals surface area contributed by atoms with Gasteiger partial charge in [0.15, 0.2) is 23.4 Å². The summed E-state index contributed by atoms with van der Waals surface area (Å²) in [5, 5.41) is 3.75. The Balaban J connectivity index is 1.38. The fourth-order valence-electron chi connectivity index (χ4n) is 6.82. The standard InChI is InChI=1S/C26H29NO4/c1-29-20-10-9-18-16-21-26(30-15-5-8-17-6-3-2-4-7-17)12-11-19(28)24-25(26,13-14-27-21)22(18)23(20)31-24/h2-4,6-7,9-10,21,24,27H,5,8,11-16H2,1H3/t21-,24?,25+,26-/m1/s1. The van der Waals surface area contributed by atoms with Crippen LogP contribution in [-0.4, -0.2) is 43.8 Å². The summed E-state index contributed by atoms with van der Waals surface area (Å²) in [6, 6.07) is 14.9. The van der Waals surface area contributed by atoms with Gasteiger partial charge in [-0.1, -0.05) is 36.4 Å². The maximum Gasteiger partial charge on any atom is 0.174 e. The molecule has 1 N–H and O–H groups in total. The highest BCUT2D eigenvalue weighted by atomic mass is 16.5. The third-order valence-corrected chi connectivity index (χ3v) is 8.06. The predicted molar refractivity (Wildman–Crippen MR) is 117 cm³/mol. The van der Waals surface area contributed by atoms with Gasteiger partial charge in [0, 0.05) is 24.6 Å². The number of piperidine rings is 1. The van der Waals surface area contributed by atoms with Crippen LogP contribution in [0.15, 0.2) is 42.5 Å². The fraction of sp³-hybridized carbons (Fsp3) is 0.500. The highest BCUT2D eigenvalue weighted by Gasteiger charge is 2.73. The molecule has 4 aliphatic rings. The highest BCUT2D eigenvalue weighted by molar-refractivity contribution is 5.90. The van der Waals surface area contributed by atoms with Gasteiger partial charge in [-0.3, -0.25) is 4.79 Å². The second kappa shape index (κ2) is 7.07. The van der Waals surface area contributed by atoms with Gasteiger partial charge in [0.1, 0.15) is 0 Å². The first-order valence-electron chi connectivity index (χ1n) is 11.5. The van der Waals surface area contributed by atoms with Crippen molar-refractivity contribution in [2.24, 2.45) is 0 Å². The molecule has 2 fully saturated rings. The summed E-state index contributed by atoms with van der Waals surface area (Å²) < 4.78 is 19.0. The number of hydrogen-bond acceptors (Lipinski definition) is 5. The van der Waals surface area contributed by atoms with Crippen LogP contribution >= 0.6 is 0 Å². The number of ketones is 1. The first-order valence-corrected chi connectivity index (χ1v) is 11.5. The van der Waals surface area contributed by atoms with E-state index < -0.39 is 17.1 Å². The minimum atomic E-state index is -0.467. The lowest BCUT2D eigenvalue weighted by Crippen LogP contribution is -2.77. The number of carbonyl (C=O) groups is 1. The Kier molecular flexibility index (Phi) is 4.41. The van der Waals surface area contributed by atoms with Gasteiger partial charge in [-0.05, 0) is 55.8 Å². The third kappa shape index (κ3) is 2.53. The lowest BCUT2D eigenvalue weighted by atomic mass is 9.49. The van der Waals surface area contributed by atoms with E-state index in [1.54, 1.807) is 7.11 Å². The number of Topliss-reactive ketones (excluding diaryl/α,β-unsaturated/α-hetero) is 1. The van der Waals surface area contributed by atoms with Crippen molar-refractivity contribution in [3.63, 3.8) is 0 Å². The summed E-state index contributed by atoms with van der Waals surface area (Å²) >= 11 is 0. The average molecular weight is 420 g/mol. The molecule has 2 aliphatic carbocycles. The van der Waals surface area contributed by atoms with E-state index in [0.29, 0.717) is 13.0 Å². The van der Waals surface area contributed by atoms with Gasteiger partial charge in [-0.25, -0.2) is 0 Å². The van der Waals surface area contributed by atoms with E-state index in [1.165, 1.54) is 16.7 Å². The summed E-state index contributed by atoms with van der Waals surface area (Å²) in [5.41, 5.74) is 2.97. The normalized spacial score (nSPS) is 32.4. The molecule has 2 bridgehead atoms. The van der Waals surface area contributed by atoms with E-state index in [2.05, 4.69) is 41.7 Å². The van der Waals surface area contributed by atoms with Gasteiger partial charge in [-0.2, -0.15) is 0 Å². The molecule has 2 aromatic carbocycles. The van der Waals surface area contributed by atoms with Gasteiger partial charge >= 0.3 is 0 Å². The number of carbonyl (C=O) groups excluding carboxylic acids is 1. The fourth-order valence-corrected chi connectivity index (χ4v) is 6.82. The van der Waals surface area contributed by atoms with Crippen LogP contribution in [0.4, 0.5) is 0 Å². The topological polar surface area (TPSA) is 56.8 Å². The number of nitrogens with one attached hydrogen (secondary N) is 1. The summed E-state index contributed by atoms with van der Waals surface area (Å²) in [7, 11) is 1.67. The van der Waals surface area contributed by atoms with Crippen molar-refractivity contribution in [2.75, 3.05) is 20.3 Å². The molecule has 4 atom stereocenters. The van der Waals surface area contributed by atoms with Crippen LogP contribution in [0.3, 0.4) is 0 Å². The maximum atomic E-state index is 13.1. The van der Waals surface area contributed by atoms with Crippen molar-refractivity contribution >= 4 is 5.78 Å². The lowest BCUT2D eigenvalue weighted by Gasteiger charge is -2.61. The first-order chi connectivity index (χ1) is 15.2. The summed E-state index contributed by atoms with van der Waals surface area (Å²) in [6.45, 7) is 1.56. The molecule has 0 radical (unpaired) electrons. The van der Waals surface area contributed by atoms with E-state index in [1.807, 2.05) is 6.07 Å². The zero-order valence-corrected chi connectivity index (χ0v) is 18.0. The maximum absolute atomic E-state index is 13.1. The van der Waals surface area contributed by atoms with Crippen LogP contribution in [0.1, 0.15) is 42.4 Å². The van der Waals surface area contributed by atoms with Gasteiger partial charge in [0.25, 0.3) is 0 Å². The summed E-state index contributed by atoms with van der Waals surface area (Å²) in [6.07, 6.45) is 4.51. The zero-order chi connectivity index (χ0) is 21.1. The van der Waals surface area contributed by atoms with Gasteiger partial charge in [0.2, 0.25) is 0 Å². The molecular weight excluding hydrogens is 390 g/mol. The molecule has 2 aliphatic heterocycles. The molecule has 1 saturated heterocycles. The Morgan fingerprint density at radius 2 is 2.03 bits per heavy atom. The van der Waals surface area contributed by atoms with E-state index in [0.717, 1.165) is 50.1 Å². The predicted octanol–water partition coefficient (Wildman–Crippen LogP) is 3.36. The number of ether oxygens (including phenoxy) is 3. The van der Waals surface area contributed by atoms with E-state index in [-0.39, 0.29) is 11.8 Å². The van der Waals surface area contributed by atoms with Gasteiger partial charge in [-0.15, -0.1) is 0 Å². The van der Waals surface area contributed by atoms with Crippen LogP contribution < -0.4 is 14.8 Å². The van der Waals surface area contributed by atoms with Crippen molar-refractivity contribution in [3.05, 3.63) is 59.2 Å². The second-order valence-corrected chi connectivity index (χ2v) is 9.35. The minimum Gasteiger partial charge on any atom is -0.493 e. The molecule has 1 unspecified atom stereocenters. The van der Waals surface area contributed by atoms with Gasteiger partial charge < -0.3 is 19.5 Å². The molecule has 6 rings (SSSR count). The largest absolute Gasteiger partial charge is 0.493 e. The smallest absolute Gasteiger partial charge is 0.174 e. The minimum absolute atomic E-state index is 0.198. The Labute approximate surface area is 183 Å². The van der Waals surface area contributed by atoms with Crippen molar-refractivity contribution in [1.29, 1.82) is 0 Å². The zero-order valence-electron chi connectivity index (χ0n) is 18.0. The Morgan fingerprint density at radius 3 is 2.87 bits per heavy atom. The van der Waals surface area contributed by atoms with Gasteiger partial charge in [0.05, 0.1) is 18.1 Å². The van der Waals surface area contributed by atoms with Crippen molar-refractivity contribution < 1.29 is 19.0 Å². The Morgan fingerprint density at radius 1 is 1.16 bits per heavy atom. The molecule has 1 saturated carbocycles. The van der Waals surface area contributed by atoms with E-state index >= 15 is 0 Å². The number of benzene rings is 2. The lowest BCUT2D eigenvalue weighted by molar-refractivity contribution is -0.189. The summed E-state index contributed by atoms with van der Waals surface area (Å²) in [5.74, 6) is 1.71. The molecule has 0 amide bonds. The van der Waals surface area contributed by atoms with Crippen molar-refractivity contribution in [2.45, 2.75) is 61.7 Å². The van der Waals surface area contributed by atoms with Crippen LogP contribution in [0.25, 0.3) is 0 Å². The number of methoxy groups -OCH3 is 1. The first kappa shape index (κ1) is 19.3. The number of hydrogen-bond donors (Lipinski definition) is 1. The molecule has 2 aromatic rings. The van der Waals surface area contributed by atoms with Crippen molar-refractivity contribution in [1.82, 2.24) is 5.32 Å². The summed E-state index contributed by atoms with van der Waals surface area (Å²) in [4.78, 5) is 13.1. The van der Waals surface area contributed by atoms with E-state index in [9.17, 15) is 4.79 Å². The monoisotopic (exact) mass is 419 g/mol. The molecule has 5 heteroatoms. The highest BCUT2D eigenvalue weighted by Crippen LogP contribution is 2.64. The molecule has 5 nitrogen and oxygen atoms in total. The van der Waals surface area contributed by atoms with Crippen LogP contribution in [0.2, 0.25) is 0 Å². The van der Waals surface area contributed by atoms with Crippen molar-refractivity contribution in [3.8, 4) is 11.5 Å². The number of rotatable bonds is 6. The Hall–Kier alpha value is -2.37. The molecule has 31 heavy (non-hydrogen) atoms. The van der Waals surface area contributed by atoms with Crippen LogP contribution in [0, 0.1) is 0 Å². The third-order valence-electron chi connectivity index (χ3n) is 8.06. The number of aryl methyl sites for hydroxylation is 1. The van der Waals surface area contributed by atoms with Crippen LogP contribution in [-0.2, 0) is 27.8 Å². The van der Waals surface area contributed by atoms with E-state index in [4.69, 9.17) is 14.2 Å². The molecule has 162 valence electrons. The molecule has 1 spiro atoms. The molecule has 2 heterocycles. The second-order valence-electron chi connectivity index (χ2n) is 9.35.